The number of nitrogens with one attached hydrogen (secondary N) is 1. The van der Waals surface area contributed by atoms with Crippen LogP contribution in [0, 0.1) is 5.82 Å². The van der Waals surface area contributed by atoms with Gasteiger partial charge in [-0.05, 0) is 42.0 Å². The molecule has 0 spiro atoms. The highest BCUT2D eigenvalue weighted by atomic mass is 19.1. The van der Waals surface area contributed by atoms with Gasteiger partial charge in [0, 0.05) is 31.1 Å². The van der Waals surface area contributed by atoms with E-state index in [4.69, 9.17) is 13.9 Å². The van der Waals surface area contributed by atoms with Crippen LogP contribution in [0.3, 0.4) is 0 Å². The van der Waals surface area contributed by atoms with Crippen LogP contribution in [0.15, 0.2) is 53.1 Å². The molecule has 0 radical (unpaired) electrons. The molecule has 0 fully saturated rings. The van der Waals surface area contributed by atoms with Crippen molar-refractivity contribution >= 4 is 0 Å². The Bertz CT molecular complexity index is 824. The summed E-state index contributed by atoms with van der Waals surface area (Å²) >= 11 is 0. The summed E-state index contributed by atoms with van der Waals surface area (Å²) < 4.78 is 29.0. The van der Waals surface area contributed by atoms with Crippen LogP contribution >= 0.6 is 0 Å². The normalized spacial score (nSPS) is 10.7. The lowest BCUT2D eigenvalue weighted by Gasteiger charge is -2.09. The SMILES string of the molecule is COc1cc(CNCCc2coc(-c3ccc(F)cc3)n2)cc(OC)c1. The number of aromatic nitrogens is 1. The van der Waals surface area contributed by atoms with Crippen LogP contribution in [0.5, 0.6) is 11.5 Å². The third-order valence-corrected chi connectivity index (χ3v) is 3.94. The molecule has 0 saturated heterocycles. The van der Waals surface area contributed by atoms with Crippen molar-refractivity contribution in [1.82, 2.24) is 10.3 Å². The maximum absolute atomic E-state index is 13.0. The standard InChI is InChI=1S/C20H21FN2O3/c1-24-18-9-14(10-19(11-18)25-2)12-22-8-7-17-13-26-20(23-17)15-3-5-16(21)6-4-15/h3-6,9-11,13,22H,7-8,12H2,1-2H3. The van der Waals surface area contributed by atoms with E-state index in [1.807, 2.05) is 18.2 Å². The number of oxazole rings is 1. The van der Waals surface area contributed by atoms with Gasteiger partial charge >= 0.3 is 0 Å². The first-order valence-corrected chi connectivity index (χ1v) is 8.31. The first-order valence-electron chi connectivity index (χ1n) is 8.31. The van der Waals surface area contributed by atoms with Crippen LogP contribution in [0.4, 0.5) is 4.39 Å². The molecule has 5 nitrogen and oxygen atoms in total. The van der Waals surface area contributed by atoms with E-state index in [9.17, 15) is 4.39 Å². The van der Waals surface area contributed by atoms with E-state index >= 15 is 0 Å². The van der Waals surface area contributed by atoms with Gasteiger partial charge in [0.05, 0.1) is 19.9 Å². The van der Waals surface area contributed by atoms with Crippen molar-refractivity contribution in [2.75, 3.05) is 20.8 Å². The van der Waals surface area contributed by atoms with E-state index in [-0.39, 0.29) is 5.82 Å². The second kappa shape index (κ2) is 8.49. The van der Waals surface area contributed by atoms with Crippen molar-refractivity contribution < 1.29 is 18.3 Å². The van der Waals surface area contributed by atoms with Gasteiger partial charge < -0.3 is 19.2 Å². The highest BCUT2D eigenvalue weighted by molar-refractivity contribution is 5.52. The third kappa shape index (κ3) is 4.61. The molecule has 2 aromatic carbocycles. The van der Waals surface area contributed by atoms with Gasteiger partial charge in [0.2, 0.25) is 5.89 Å². The predicted octanol–water partition coefficient (Wildman–Crippen LogP) is 3.83. The Balaban J connectivity index is 1.52. The number of ether oxygens (including phenoxy) is 2. The summed E-state index contributed by atoms with van der Waals surface area (Å²) in [5.74, 6) is 1.75. The molecule has 0 unspecified atom stereocenters. The predicted molar refractivity (Wildman–Crippen MR) is 96.9 cm³/mol. The molecule has 1 aromatic heterocycles. The molecular formula is C20H21FN2O3. The van der Waals surface area contributed by atoms with Crippen molar-refractivity contribution in [2.45, 2.75) is 13.0 Å². The Kier molecular flexibility index (Phi) is 5.86. The van der Waals surface area contributed by atoms with E-state index in [1.165, 1.54) is 12.1 Å². The van der Waals surface area contributed by atoms with E-state index < -0.39 is 0 Å². The lowest BCUT2D eigenvalue weighted by molar-refractivity contribution is 0.393. The molecule has 1 heterocycles. The molecule has 0 aliphatic rings. The third-order valence-electron chi connectivity index (χ3n) is 3.94. The summed E-state index contributed by atoms with van der Waals surface area (Å²) in [6.07, 6.45) is 2.36. The molecule has 1 N–H and O–H groups in total. The van der Waals surface area contributed by atoms with Crippen molar-refractivity contribution in [1.29, 1.82) is 0 Å². The number of rotatable bonds is 8. The van der Waals surface area contributed by atoms with Crippen molar-refractivity contribution in [2.24, 2.45) is 0 Å². The van der Waals surface area contributed by atoms with E-state index in [0.29, 0.717) is 12.4 Å². The summed E-state index contributed by atoms with van der Waals surface area (Å²) in [7, 11) is 3.27. The van der Waals surface area contributed by atoms with Crippen LogP contribution in [-0.4, -0.2) is 25.7 Å². The fraction of sp³-hybridized carbons (Fsp3) is 0.250. The Labute approximate surface area is 151 Å². The minimum Gasteiger partial charge on any atom is -0.497 e. The quantitative estimate of drug-likeness (QED) is 0.622. The van der Waals surface area contributed by atoms with Gasteiger partial charge in [0.1, 0.15) is 23.6 Å². The van der Waals surface area contributed by atoms with Gasteiger partial charge in [-0.25, -0.2) is 9.37 Å². The molecule has 3 aromatic rings. The number of nitrogens with zero attached hydrogens (tertiary/aromatic N) is 1. The summed E-state index contributed by atoms with van der Waals surface area (Å²) in [5, 5.41) is 3.37. The zero-order valence-corrected chi connectivity index (χ0v) is 14.8. The lowest BCUT2D eigenvalue weighted by Crippen LogP contribution is -2.16. The van der Waals surface area contributed by atoms with Crippen molar-refractivity contribution in [3.05, 3.63) is 65.8 Å². The molecule has 0 amide bonds. The van der Waals surface area contributed by atoms with Crippen molar-refractivity contribution in [3.63, 3.8) is 0 Å². The minimum absolute atomic E-state index is 0.279. The van der Waals surface area contributed by atoms with Gasteiger partial charge in [0.25, 0.3) is 0 Å². The molecular weight excluding hydrogens is 335 g/mol. The Morgan fingerprint density at radius 3 is 2.38 bits per heavy atom. The summed E-state index contributed by atoms with van der Waals surface area (Å²) in [6, 6.07) is 11.9. The zero-order valence-electron chi connectivity index (χ0n) is 14.8. The van der Waals surface area contributed by atoms with Gasteiger partial charge in [-0.2, -0.15) is 0 Å². The van der Waals surface area contributed by atoms with E-state index in [2.05, 4.69) is 10.3 Å². The Morgan fingerprint density at radius 2 is 1.73 bits per heavy atom. The fourth-order valence-corrected chi connectivity index (χ4v) is 2.56. The molecule has 0 aliphatic heterocycles. The number of hydrogen-bond donors (Lipinski definition) is 1. The average molecular weight is 356 g/mol. The maximum atomic E-state index is 13.0. The van der Waals surface area contributed by atoms with Crippen LogP contribution in [0.2, 0.25) is 0 Å². The number of methoxy groups -OCH3 is 2. The minimum atomic E-state index is -0.279. The van der Waals surface area contributed by atoms with Gasteiger partial charge in [-0.3, -0.25) is 0 Å². The second-order valence-electron chi connectivity index (χ2n) is 5.80. The number of halogens is 1. The largest absolute Gasteiger partial charge is 0.497 e. The second-order valence-corrected chi connectivity index (χ2v) is 5.80. The summed E-state index contributed by atoms with van der Waals surface area (Å²) in [5.41, 5.74) is 2.68. The molecule has 0 bridgehead atoms. The molecule has 26 heavy (non-hydrogen) atoms. The van der Waals surface area contributed by atoms with Gasteiger partial charge in [-0.1, -0.05) is 0 Å². The smallest absolute Gasteiger partial charge is 0.226 e. The van der Waals surface area contributed by atoms with Crippen LogP contribution in [0.1, 0.15) is 11.3 Å². The number of hydrogen-bond acceptors (Lipinski definition) is 5. The summed E-state index contributed by atoms with van der Waals surface area (Å²) in [4.78, 5) is 4.44. The molecule has 6 heteroatoms. The van der Waals surface area contributed by atoms with E-state index in [1.54, 1.807) is 32.6 Å². The molecule has 0 saturated carbocycles. The van der Waals surface area contributed by atoms with E-state index in [0.717, 1.165) is 41.3 Å². The van der Waals surface area contributed by atoms with Crippen molar-refractivity contribution in [3.8, 4) is 23.0 Å². The molecule has 3 rings (SSSR count). The van der Waals surface area contributed by atoms with Crippen LogP contribution in [0.25, 0.3) is 11.5 Å². The number of benzene rings is 2. The molecule has 0 aliphatic carbocycles. The first-order chi connectivity index (χ1) is 12.7. The fourth-order valence-electron chi connectivity index (χ4n) is 2.56. The monoisotopic (exact) mass is 356 g/mol. The first kappa shape index (κ1) is 17.9. The highest BCUT2D eigenvalue weighted by Crippen LogP contribution is 2.22. The maximum Gasteiger partial charge on any atom is 0.226 e. The topological polar surface area (TPSA) is 56.5 Å². The van der Waals surface area contributed by atoms with Crippen LogP contribution in [-0.2, 0) is 13.0 Å². The van der Waals surface area contributed by atoms with Gasteiger partial charge in [-0.15, -0.1) is 0 Å². The lowest BCUT2D eigenvalue weighted by atomic mass is 10.2. The summed E-state index contributed by atoms with van der Waals surface area (Å²) in [6.45, 7) is 1.44. The average Bonchev–Trinajstić information content (AvgIpc) is 3.14. The molecule has 0 atom stereocenters. The zero-order chi connectivity index (χ0) is 18.4. The Morgan fingerprint density at radius 1 is 1.04 bits per heavy atom. The Hall–Kier alpha value is -2.86. The van der Waals surface area contributed by atoms with Gasteiger partial charge in [0.15, 0.2) is 0 Å². The van der Waals surface area contributed by atoms with Crippen LogP contribution < -0.4 is 14.8 Å². The molecule has 136 valence electrons. The highest BCUT2D eigenvalue weighted by Gasteiger charge is 2.07.